The number of benzene rings is 2. The van der Waals surface area contributed by atoms with Crippen molar-refractivity contribution in [3.8, 4) is 0 Å². The van der Waals surface area contributed by atoms with Crippen molar-refractivity contribution in [2.75, 3.05) is 5.32 Å². The van der Waals surface area contributed by atoms with E-state index in [1.165, 1.54) is 12.5 Å². The fourth-order valence-electron chi connectivity index (χ4n) is 2.02. The molecule has 0 aliphatic heterocycles. The van der Waals surface area contributed by atoms with Crippen LogP contribution in [0.25, 0.3) is 11.0 Å². The number of hydrogen-bond acceptors (Lipinski definition) is 4. The van der Waals surface area contributed by atoms with E-state index in [1.807, 2.05) is 36.4 Å². The van der Waals surface area contributed by atoms with Crippen molar-refractivity contribution in [3.63, 3.8) is 0 Å². The number of nitrogens with zero attached hydrogens (tertiary/aromatic N) is 1. The molecule has 0 fully saturated rings. The predicted octanol–water partition coefficient (Wildman–Crippen LogP) is 3.11. The van der Waals surface area contributed by atoms with E-state index in [-0.39, 0.29) is 5.43 Å². The first-order valence-electron chi connectivity index (χ1n) is 6.90. The number of rotatable bonds is 3. The molecule has 114 valence electrons. The lowest BCUT2D eigenvalue weighted by Crippen LogP contribution is -2.24. The number of nitrogens with one attached hydrogen (secondary N) is 2. The minimum atomic E-state index is -0.140. The number of anilines is 1. The molecule has 1 heterocycles. The van der Waals surface area contributed by atoms with Gasteiger partial charge in [-0.2, -0.15) is 5.10 Å². The molecule has 0 saturated heterocycles. The second-order valence-corrected chi connectivity index (χ2v) is 5.11. The minimum absolute atomic E-state index is 0.140. The Morgan fingerprint density at radius 2 is 1.83 bits per heavy atom. The average Bonchev–Trinajstić information content (AvgIpc) is 2.58. The molecule has 23 heavy (non-hydrogen) atoms. The molecule has 0 atom stereocenters. The topological polar surface area (TPSA) is 66.6 Å². The van der Waals surface area contributed by atoms with Crippen LogP contribution in [0.5, 0.6) is 0 Å². The first-order valence-corrected chi connectivity index (χ1v) is 7.30. The van der Waals surface area contributed by atoms with Gasteiger partial charge in [-0.15, -0.1) is 0 Å². The number of hydrogen-bond donors (Lipinski definition) is 2. The van der Waals surface area contributed by atoms with Gasteiger partial charge in [-0.3, -0.25) is 10.2 Å². The molecule has 0 saturated carbocycles. The van der Waals surface area contributed by atoms with Crippen molar-refractivity contribution in [3.05, 3.63) is 76.6 Å². The van der Waals surface area contributed by atoms with Gasteiger partial charge >= 0.3 is 0 Å². The zero-order chi connectivity index (χ0) is 16.1. The molecule has 5 nitrogen and oxygen atoms in total. The van der Waals surface area contributed by atoms with E-state index in [0.717, 1.165) is 5.69 Å². The maximum atomic E-state index is 12.3. The largest absolute Gasteiger partial charge is 0.463 e. The van der Waals surface area contributed by atoms with Crippen LogP contribution in [0.1, 0.15) is 5.56 Å². The van der Waals surface area contributed by atoms with Crippen molar-refractivity contribution >= 4 is 40.2 Å². The Hall–Kier alpha value is -2.99. The van der Waals surface area contributed by atoms with Crippen LogP contribution in [0.4, 0.5) is 5.69 Å². The number of hydrazone groups is 1. The Bertz CT molecular complexity index is 920. The van der Waals surface area contributed by atoms with Gasteiger partial charge in [0.1, 0.15) is 11.8 Å². The molecule has 3 rings (SSSR count). The van der Waals surface area contributed by atoms with E-state index in [0.29, 0.717) is 21.6 Å². The van der Waals surface area contributed by atoms with E-state index in [2.05, 4.69) is 15.8 Å². The van der Waals surface area contributed by atoms with Crippen LogP contribution in [0.2, 0.25) is 0 Å². The van der Waals surface area contributed by atoms with E-state index in [9.17, 15) is 4.79 Å². The molecule has 6 heteroatoms. The molecule has 0 aliphatic carbocycles. The van der Waals surface area contributed by atoms with Crippen molar-refractivity contribution < 1.29 is 4.42 Å². The lowest BCUT2D eigenvalue weighted by molar-refractivity contribution is 0.601. The van der Waals surface area contributed by atoms with E-state index in [4.69, 9.17) is 16.6 Å². The second kappa shape index (κ2) is 6.85. The summed E-state index contributed by atoms with van der Waals surface area (Å²) in [5, 5.41) is 7.79. The Morgan fingerprint density at radius 1 is 1.09 bits per heavy atom. The van der Waals surface area contributed by atoms with Crippen LogP contribution in [-0.2, 0) is 0 Å². The predicted molar refractivity (Wildman–Crippen MR) is 95.9 cm³/mol. The monoisotopic (exact) mass is 323 g/mol. The molecular formula is C17H13N3O2S. The van der Waals surface area contributed by atoms with E-state index in [1.54, 1.807) is 18.2 Å². The Balaban J connectivity index is 1.70. The van der Waals surface area contributed by atoms with E-state index >= 15 is 0 Å². The highest BCUT2D eigenvalue weighted by Gasteiger charge is 2.04. The molecular weight excluding hydrogens is 310 g/mol. The molecule has 3 aromatic rings. The smallest absolute Gasteiger partial charge is 0.201 e. The van der Waals surface area contributed by atoms with Gasteiger partial charge in [0.05, 0.1) is 17.2 Å². The molecule has 0 amide bonds. The lowest BCUT2D eigenvalue weighted by atomic mass is 10.2. The van der Waals surface area contributed by atoms with Crippen LogP contribution < -0.4 is 16.2 Å². The molecule has 0 unspecified atom stereocenters. The van der Waals surface area contributed by atoms with Crippen LogP contribution in [0.3, 0.4) is 0 Å². The molecule has 0 bridgehead atoms. The molecule has 0 radical (unpaired) electrons. The highest BCUT2D eigenvalue weighted by molar-refractivity contribution is 7.80. The third-order valence-electron chi connectivity index (χ3n) is 3.11. The number of thiocarbonyl (C=S) groups is 1. The van der Waals surface area contributed by atoms with Gasteiger partial charge < -0.3 is 9.73 Å². The number of fused-ring (bicyclic) bond motifs is 1. The Morgan fingerprint density at radius 3 is 2.65 bits per heavy atom. The highest BCUT2D eigenvalue weighted by Crippen LogP contribution is 2.09. The van der Waals surface area contributed by atoms with Crippen LogP contribution in [0, 0.1) is 0 Å². The quantitative estimate of drug-likeness (QED) is 0.440. The van der Waals surface area contributed by atoms with Gasteiger partial charge in [-0.05, 0) is 36.5 Å². The molecule has 2 aromatic carbocycles. The standard InChI is InChI=1S/C17H13N3O2S/c21-16-12(11-22-15-9-5-4-8-14(15)16)10-18-20-17(23)19-13-6-2-1-3-7-13/h1-11H,(H2,19,20,23). The first-order chi connectivity index (χ1) is 11.2. The summed E-state index contributed by atoms with van der Waals surface area (Å²) in [7, 11) is 0. The molecule has 0 spiro atoms. The summed E-state index contributed by atoms with van der Waals surface area (Å²) in [6.45, 7) is 0. The first kappa shape index (κ1) is 14.9. The summed E-state index contributed by atoms with van der Waals surface area (Å²) in [5.74, 6) is 0. The van der Waals surface area contributed by atoms with Crippen molar-refractivity contribution in [1.29, 1.82) is 0 Å². The maximum absolute atomic E-state index is 12.3. The van der Waals surface area contributed by atoms with Gasteiger partial charge in [0.25, 0.3) is 0 Å². The fourth-order valence-corrected chi connectivity index (χ4v) is 2.19. The van der Waals surface area contributed by atoms with Crippen molar-refractivity contribution in [1.82, 2.24) is 5.43 Å². The van der Waals surface area contributed by atoms with Gasteiger partial charge in [0.2, 0.25) is 5.43 Å². The molecule has 1 aromatic heterocycles. The summed E-state index contributed by atoms with van der Waals surface area (Å²) < 4.78 is 5.41. The average molecular weight is 323 g/mol. The summed E-state index contributed by atoms with van der Waals surface area (Å²) >= 11 is 5.12. The van der Waals surface area contributed by atoms with Crippen molar-refractivity contribution in [2.45, 2.75) is 0 Å². The maximum Gasteiger partial charge on any atom is 0.201 e. The zero-order valence-corrected chi connectivity index (χ0v) is 12.8. The molecule has 0 aliphatic rings. The van der Waals surface area contributed by atoms with Gasteiger partial charge in [-0.25, -0.2) is 0 Å². The summed E-state index contributed by atoms with van der Waals surface area (Å²) in [4.78, 5) is 12.3. The third kappa shape index (κ3) is 3.61. The summed E-state index contributed by atoms with van der Waals surface area (Å²) in [6, 6.07) is 16.5. The summed E-state index contributed by atoms with van der Waals surface area (Å²) in [5.41, 5.74) is 4.27. The zero-order valence-electron chi connectivity index (χ0n) is 12.0. The van der Waals surface area contributed by atoms with Crippen LogP contribution in [0.15, 0.2) is 75.2 Å². The normalized spacial score (nSPS) is 10.8. The van der Waals surface area contributed by atoms with Crippen molar-refractivity contribution in [2.24, 2.45) is 5.10 Å². The second-order valence-electron chi connectivity index (χ2n) is 4.71. The number of para-hydroxylation sites is 2. The highest BCUT2D eigenvalue weighted by atomic mass is 32.1. The van der Waals surface area contributed by atoms with Crippen LogP contribution in [-0.4, -0.2) is 11.3 Å². The van der Waals surface area contributed by atoms with Crippen LogP contribution >= 0.6 is 12.2 Å². The van der Waals surface area contributed by atoms with Gasteiger partial charge in [-0.1, -0.05) is 30.3 Å². The Kier molecular flexibility index (Phi) is 4.44. The molecule has 2 N–H and O–H groups in total. The minimum Gasteiger partial charge on any atom is -0.463 e. The summed E-state index contributed by atoms with van der Waals surface area (Å²) in [6.07, 6.45) is 2.76. The fraction of sp³-hybridized carbons (Fsp3) is 0. The lowest BCUT2D eigenvalue weighted by Gasteiger charge is -2.06. The SMILES string of the molecule is O=c1c(C=NNC(=S)Nc2ccccc2)coc2ccccc12. The van der Waals surface area contributed by atoms with E-state index < -0.39 is 0 Å². The third-order valence-corrected chi connectivity index (χ3v) is 3.30. The van der Waals surface area contributed by atoms with Gasteiger partial charge in [0.15, 0.2) is 5.11 Å². The van der Waals surface area contributed by atoms with Gasteiger partial charge in [0, 0.05) is 5.69 Å². The Labute approximate surface area is 137 Å².